The summed E-state index contributed by atoms with van der Waals surface area (Å²) in [4.78, 5) is 3.61. The number of ether oxygens (including phenoxy) is 1. The van der Waals surface area contributed by atoms with Gasteiger partial charge >= 0.3 is 0 Å². The van der Waals surface area contributed by atoms with Crippen molar-refractivity contribution < 1.29 is 17.5 Å². The van der Waals surface area contributed by atoms with E-state index in [1.165, 1.54) is 18.2 Å². The van der Waals surface area contributed by atoms with Gasteiger partial charge in [-0.3, -0.25) is 0 Å². The quantitative estimate of drug-likeness (QED) is 0.817. The fourth-order valence-electron chi connectivity index (χ4n) is 1.38. The molecule has 4 nitrogen and oxygen atoms in total. The Morgan fingerprint density at radius 1 is 1.26 bits per heavy atom. The van der Waals surface area contributed by atoms with E-state index in [4.69, 9.17) is 15.4 Å². The average Bonchev–Trinajstić information content (AvgIpc) is 2.35. The second kappa shape index (κ2) is 5.14. The molecule has 0 aliphatic rings. The van der Waals surface area contributed by atoms with Crippen molar-refractivity contribution in [1.29, 1.82) is 0 Å². The first-order valence-electron chi connectivity index (χ1n) is 5.21. The Morgan fingerprint density at radius 3 is 2.58 bits per heavy atom. The van der Waals surface area contributed by atoms with Crippen LogP contribution in [0.25, 0.3) is 0 Å². The minimum absolute atomic E-state index is 0.0222. The van der Waals surface area contributed by atoms with E-state index in [0.29, 0.717) is 5.56 Å². The molecule has 0 N–H and O–H groups in total. The van der Waals surface area contributed by atoms with Crippen LogP contribution in [-0.2, 0) is 9.05 Å². The van der Waals surface area contributed by atoms with Gasteiger partial charge in [-0.05, 0) is 24.6 Å². The Hall–Kier alpha value is -1.66. The highest BCUT2D eigenvalue weighted by atomic mass is 35.7. The second-order valence-corrected chi connectivity index (χ2v) is 6.33. The highest BCUT2D eigenvalue weighted by molar-refractivity contribution is 8.13. The third-order valence-corrected chi connectivity index (χ3v) is 3.70. The maximum Gasteiger partial charge on any atom is 0.262 e. The Kier molecular flexibility index (Phi) is 3.73. The lowest BCUT2D eigenvalue weighted by atomic mass is 10.2. The molecule has 2 rings (SSSR count). The lowest BCUT2D eigenvalue weighted by Crippen LogP contribution is -1.95. The molecule has 1 heterocycles. The zero-order chi connectivity index (χ0) is 14.0. The molecule has 0 aliphatic carbocycles. The summed E-state index contributed by atoms with van der Waals surface area (Å²) in [5.74, 6) is -0.388. The van der Waals surface area contributed by atoms with Gasteiger partial charge in [0.2, 0.25) is 5.88 Å². The number of rotatable bonds is 3. The van der Waals surface area contributed by atoms with Crippen LogP contribution in [0.3, 0.4) is 0 Å². The molecule has 19 heavy (non-hydrogen) atoms. The van der Waals surface area contributed by atoms with Gasteiger partial charge in [0.05, 0.1) is 6.20 Å². The first-order chi connectivity index (χ1) is 8.88. The van der Waals surface area contributed by atoms with Gasteiger partial charge in [-0.25, -0.2) is 17.8 Å². The van der Waals surface area contributed by atoms with E-state index in [9.17, 15) is 12.8 Å². The summed E-state index contributed by atoms with van der Waals surface area (Å²) < 4.78 is 41.0. The molecule has 0 bridgehead atoms. The van der Waals surface area contributed by atoms with Gasteiger partial charge in [0, 0.05) is 16.7 Å². The molecular formula is C12H9ClFNO3S. The van der Waals surface area contributed by atoms with Crippen LogP contribution in [0.1, 0.15) is 5.56 Å². The van der Waals surface area contributed by atoms with E-state index < -0.39 is 14.9 Å². The smallest absolute Gasteiger partial charge is 0.262 e. The topological polar surface area (TPSA) is 56.3 Å². The van der Waals surface area contributed by atoms with E-state index in [1.54, 1.807) is 19.1 Å². The van der Waals surface area contributed by atoms with Gasteiger partial charge < -0.3 is 4.74 Å². The van der Waals surface area contributed by atoms with Crippen molar-refractivity contribution >= 4 is 19.7 Å². The van der Waals surface area contributed by atoms with Crippen molar-refractivity contribution in [3.8, 4) is 11.6 Å². The lowest BCUT2D eigenvalue weighted by molar-refractivity contribution is 0.425. The molecule has 0 saturated heterocycles. The van der Waals surface area contributed by atoms with Crippen molar-refractivity contribution in [1.82, 2.24) is 4.98 Å². The van der Waals surface area contributed by atoms with Crippen LogP contribution < -0.4 is 4.74 Å². The predicted molar refractivity (Wildman–Crippen MR) is 68.5 cm³/mol. The van der Waals surface area contributed by atoms with Gasteiger partial charge in [0.1, 0.15) is 4.90 Å². The Labute approximate surface area is 114 Å². The molecule has 0 fully saturated rings. The molecule has 100 valence electrons. The predicted octanol–water partition coefficient (Wildman–Crippen LogP) is 3.25. The standard InChI is InChI=1S/C12H9ClFNO3S/c1-8-3-2-4-10(12(8)14)18-11-6-5-9(7-15-11)19(13,16)17/h2-7H,1H3. The number of benzene rings is 1. The molecule has 0 spiro atoms. The van der Waals surface area contributed by atoms with Crippen molar-refractivity contribution in [2.75, 3.05) is 0 Å². The minimum Gasteiger partial charge on any atom is -0.436 e. The summed E-state index contributed by atoms with van der Waals surface area (Å²) in [5.41, 5.74) is 0.442. The molecule has 2 aromatic rings. The molecule has 0 radical (unpaired) electrons. The molecule has 0 unspecified atom stereocenters. The van der Waals surface area contributed by atoms with Crippen LogP contribution in [0.5, 0.6) is 11.6 Å². The van der Waals surface area contributed by atoms with E-state index in [-0.39, 0.29) is 16.5 Å². The van der Waals surface area contributed by atoms with Crippen LogP contribution in [-0.4, -0.2) is 13.4 Å². The maximum absolute atomic E-state index is 13.7. The SMILES string of the molecule is Cc1cccc(Oc2ccc(S(=O)(=O)Cl)cn2)c1F. The lowest BCUT2D eigenvalue weighted by Gasteiger charge is -2.07. The molecule has 7 heteroatoms. The summed E-state index contributed by atoms with van der Waals surface area (Å²) >= 11 is 0. The van der Waals surface area contributed by atoms with Crippen molar-refractivity contribution in [2.45, 2.75) is 11.8 Å². The number of aryl methyl sites for hydroxylation is 1. The van der Waals surface area contributed by atoms with Gasteiger partial charge in [0.25, 0.3) is 9.05 Å². The maximum atomic E-state index is 13.7. The number of nitrogens with zero attached hydrogens (tertiary/aromatic N) is 1. The number of hydrogen-bond acceptors (Lipinski definition) is 4. The minimum atomic E-state index is -3.83. The number of halogens is 2. The van der Waals surface area contributed by atoms with Crippen LogP contribution >= 0.6 is 10.7 Å². The van der Waals surface area contributed by atoms with Crippen molar-refractivity contribution in [3.05, 3.63) is 47.9 Å². The fraction of sp³-hybridized carbons (Fsp3) is 0.0833. The first-order valence-corrected chi connectivity index (χ1v) is 7.52. The third-order valence-electron chi connectivity index (χ3n) is 2.36. The molecule has 0 atom stereocenters. The van der Waals surface area contributed by atoms with Crippen LogP contribution in [0.4, 0.5) is 4.39 Å². The molecule has 0 aliphatic heterocycles. The van der Waals surface area contributed by atoms with E-state index in [1.807, 2.05) is 0 Å². The summed E-state index contributed by atoms with van der Waals surface area (Å²) in [6, 6.07) is 7.25. The Morgan fingerprint density at radius 2 is 2.00 bits per heavy atom. The zero-order valence-electron chi connectivity index (χ0n) is 9.80. The van der Waals surface area contributed by atoms with E-state index in [2.05, 4.69) is 4.98 Å². The second-order valence-electron chi connectivity index (χ2n) is 3.76. The Balaban J connectivity index is 2.27. The van der Waals surface area contributed by atoms with Gasteiger partial charge in [-0.1, -0.05) is 12.1 Å². The van der Waals surface area contributed by atoms with E-state index >= 15 is 0 Å². The van der Waals surface area contributed by atoms with Crippen LogP contribution in [0.2, 0.25) is 0 Å². The summed E-state index contributed by atoms with van der Waals surface area (Å²) in [6.45, 7) is 1.61. The molecule has 1 aromatic heterocycles. The summed E-state index contributed by atoms with van der Waals surface area (Å²) in [6.07, 6.45) is 1.05. The fourth-order valence-corrected chi connectivity index (χ4v) is 2.07. The van der Waals surface area contributed by atoms with Crippen LogP contribution in [0, 0.1) is 12.7 Å². The molecule has 0 amide bonds. The number of pyridine rings is 1. The third kappa shape index (κ3) is 3.21. The zero-order valence-corrected chi connectivity index (χ0v) is 11.4. The number of aromatic nitrogens is 1. The molecule has 1 aromatic carbocycles. The highest BCUT2D eigenvalue weighted by Crippen LogP contribution is 2.25. The number of hydrogen-bond donors (Lipinski definition) is 0. The first kappa shape index (κ1) is 13.8. The summed E-state index contributed by atoms with van der Waals surface area (Å²) in [7, 11) is 1.32. The molecule has 0 saturated carbocycles. The van der Waals surface area contributed by atoms with E-state index in [0.717, 1.165) is 6.20 Å². The van der Waals surface area contributed by atoms with Gasteiger partial charge in [-0.15, -0.1) is 0 Å². The monoisotopic (exact) mass is 301 g/mol. The molecular weight excluding hydrogens is 293 g/mol. The largest absolute Gasteiger partial charge is 0.436 e. The average molecular weight is 302 g/mol. The van der Waals surface area contributed by atoms with Crippen LogP contribution in [0.15, 0.2) is 41.4 Å². The van der Waals surface area contributed by atoms with Gasteiger partial charge in [-0.2, -0.15) is 0 Å². The summed E-state index contributed by atoms with van der Waals surface area (Å²) in [5, 5.41) is 0. The van der Waals surface area contributed by atoms with Crippen molar-refractivity contribution in [2.24, 2.45) is 0 Å². The highest BCUT2D eigenvalue weighted by Gasteiger charge is 2.12. The Bertz CT molecular complexity index is 701. The van der Waals surface area contributed by atoms with Gasteiger partial charge in [0.15, 0.2) is 11.6 Å². The van der Waals surface area contributed by atoms with Crippen molar-refractivity contribution in [3.63, 3.8) is 0 Å². The normalized spacial score (nSPS) is 11.3.